The lowest BCUT2D eigenvalue weighted by atomic mass is 10.1. The molecule has 10 N–H and O–H groups in total. The second-order valence-electron chi connectivity index (χ2n) is 10.1. The van der Waals surface area contributed by atoms with Crippen LogP contribution in [-0.2, 0) is 32.4 Å². The number of hydrogen-bond donors (Lipinski definition) is 8. The van der Waals surface area contributed by atoms with E-state index in [2.05, 4.69) is 29.9 Å². The second-order valence-corrected chi connectivity index (χ2v) is 12.5. The van der Waals surface area contributed by atoms with Crippen LogP contribution in [0.2, 0.25) is 0 Å². The molecule has 2 saturated heterocycles. The Morgan fingerprint density at radius 3 is 2.35 bits per heavy atom. The van der Waals surface area contributed by atoms with Gasteiger partial charge in [-0.1, -0.05) is 0 Å². The van der Waals surface area contributed by atoms with Gasteiger partial charge in [-0.25, -0.2) is 24.5 Å². The third-order valence-electron chi connectivity index (χ3n) is 7.22. The Morgan fingerprint density at radius 2 is 1.65 bits per heavy atom. The summed E-state index contributed by atoms with van der Waals surface area (Å²) in [4.78, 5) is 54.3. The number of H-pyrrole nitrogens is 1. The first-order valence-electron chi connectivity index (χ1n) is 13.2. The lowest BCUT2D eigenvalue weighted by molar-refractivity contribution is -0.0622. The molecule has 0 saturated carbocycles. The highest BCUT2D eigenvalue weighted by Gasteiger charge is 2.51. The van der Waals surface area contributed by atoms with Gasteiger partial charge in [-0.05, 0) is 4.57 Å². The van der Waals surface area contributed by atoms with E-state index in [1.807, 2.05) is 0 Å². The molecule has 0 amide bonds. The number of imidazole rings is 2. The number of nitrogen functional groups attached to an aromatic ring is 2. The van der Waals surface area contributed by atoms with E-state index in [4.69, 9.17) is 34.7 Å². The summed E-state index contributed by atoms with van der Waals surface area (Å²) in [5, 5.41) is 31.9. The number of anilines is 2. The second kappa shape index (κ2) is 12.6. The van der Waals surface area contributed by atoms with Gasteiger partial charge in [0.2, 0.25) is 5.95 Å². The number of aliphatic hydroxyl groups is 3. The smallest absolute Gasteiger partial charge is 0.394 e. The molecule has 6 heterocycles. The third kappa shape index (κ3) is 5.99. The van der Waals surface area contributed by atoms with Crippen molar-refractivity contribution in [3.8, 4) is 0 Å². The lowest BCUT2D eigenvalue weighted by Crippen LogP contribution is -2.37. The normalized spacial score (nSPS) is 29.9. The maximum Gasteiger partial charge on any atom is 0.534 e. The molecule has 6 rings (SSSR count). The number of rotatable bonds is 11. The molecule has 0 spiro atoms. The molecule has 2 aliphatic rings. The summed E-state index contributed by atoms with van der Waals surface area (Å²) in [6.07, 6.45) is -8.82. The Balaban J connectivity index is 1.19. The molecule has 0 bridgehead atoms. The fourth-order valence-electron chi connectivity index (χ4n) is 5.20. The average Bonchev–Trinajstić information content (AvgIpc) is 3.76. The fraction of sp³-hybridized carbons (Fsp3) is 0.524. The molecule has 2 fully saturated rings. The summed E-state index contributed by atoms with van der Waals surface area (Å²) in [5.41, 5.74) is 10.9. The standard InChI is InChI=1S/C21H26N10O13P2/c22-15-9-16(25-3-24-15)30(4-26-9)20-12(34)14(7(1-32)42-20)44-46(38,39)41-2-8-13(40-6-45(36)37)11(33)19(43-8)31-5-27-10-17(31)28-21(23)29-18(10)35/h3-5,7-8,11-14,19-20,32-34H,1-2,6H2,(H6-,22,23,24,25,28,29,35,36,37,38,39)/p+1. The van der Waals surface area contributed by atoms with Gasteiger partial charge in [0.15, 0.2) is 35.1 Å². The van der Waals surface area contributed by atoms with E-state index in [9.17, 15) is 39.0 Å². The van der Waals surface area contributed by atoms with Crippen LogP contribution < -0.4 is 17.0 Å². The molecule has 0 aliphatic carbocycles. The molecule has 46 heavy (non-hydrogen) atoms. The average molecular weight is 689 g/mol. The van der Waals surface area contributed by atoms with Crippen LogP contribution in [0, 0.1) is 0 Å². The molecule has 248 valence electrons. The van der Waals surface area contributed by atoms with E-state index in [1.165, 1.54) is 10.9 Å². The van der Waals surface area contributed by atoms with Gasteiger partial charge in [0, 0.05) is 0 Å². The summed E-state index contributed by atoms with van der Waals surface area (Å²) in [6, 6.07) is 0. The number of ether oxygens (including phenoxy) is 3. The predicted octanol–water partition coefficient (Wildman–Crippen LogP) is -2.79. The zero-order valence-electron chi connectivity index (χ0n) is 23.2. The molecular weight excluding hydrogens is 662 g/mol. The van der Waals surface area contributed by atoms with E-state index in [0.29, 0.717) is 0 Å². The summed E-state index contributed by atoms with van der Waals surface area (Å²) in [5.74, 6) is -0.198. The maximum absolute atomic E-state index is 13.1. The summed E-state index contributed by atoms with van der Waals surface area (Å²) >= 11 is 0. The molecule has 4 aromatic rings. The van der Waals surface area contributed by atoms with Gasteiger partial charge in [0.1, 0.15) is 48.5 Å². The van der Waals surface area contributed by atoms with Crippen LogP contribution in [-0.4, -0.2) is 120 Å². The Kier molecular flexibility index (Phi) is 8.84. The molecule has 10 unspecified atom stereocenters. The van der Waals surface area contributed by atoms with Crippen LogP contribution in [0.25, 0.3) is 22.3 Å². The third-order valence-corrected chi connectivity index (χ3v) is 8.57. The van der Waals surface area contributed by atoms with Crippen molar-refractivity contribution in [3.63, 3.8) is 0 Å². The topological polar surface area (TPSA) is 341 Å². The number of nitrogens with zero attached hydrogens (tertiary/aromatic N) is 7. The largest absolute Gasteiger partial charge is 0.534 e. The Labute approximate surface area is 256 Å². The van der Waals surface area contributed by atoms with E-state index in [0.717, 1.165) is 17.2 Å². The van der Waals surface area contributed by atoms with Gasteiger partial charge >= 0.3 is 15.9 Å². The van der Waals surface area contributed by atoms with Crippen LogP contribution in [0.15, 0.2) is 23.8 Å². The van der Waals surface area contributed by atoms with Gasteiger partial charge in [0.25, 0.3) is 11.9 Å². The summed E-state index contributed by atoms with van der Waals surface area (Å²) in [7, 11) is -7.92. The highest BCUT2D eigenvalue weighted by molar-refractivity contribution is 7.47. The van der Waals surface area contributed by atoms with Crippen molar-refractivity contribution in [3.05, 3.63) is 29.3 Å². The van der Waals surface area contributed by atoms with Crippen LogP contribution >= 0.6 is 15.9 Å². The van der Waals surface area contributed by atoms with Crippen molar-refractivity contribution in [2.24, 2.45) is 0 Å². The number of fused-ring (bicyclic) bond motifs is 2. The highest BCUT2D eigenvalue weighted by Crippen LogP contribution is 2.49. The lowest BCUT2D eigenvalue weighted by Gasteiger charge is -2.24. The number of aromatic nitrogens is 8. The van der Waals surface area contributed by atoms with Gasteiger partial charge in [-0.3, -0.25) is 28.0 Å². The van der Waals surface area contributed by atoms with Crippen molar-refractivity contribution in [1.29, 1.82) is 0 Å². The Morgan fingerprint density at radius 1 is 1.00 bits per heavy atom. The van der Waals surface area contributed by atoms with Gasteiger partial charge in [-0.15, -0.1) is 0 Å². The van der Waals surface area contributed by atoms with Gasteiger partial charge in [-0.2, -0.15) is 9.88 Å². The first kappa shape index (κ1) is 32.4. The number of nitrogens with two attached hydrogens (primary N) is 2. The zero-order valence-corrected chi connectivity index (χ0v) is 24.9. The molecule has 4 aromatic heterocycles. The monoisotopic (exact) mass is 689 g/mol. The summed E-state index contributed by atoms with van der Waals surface area (Å²) < 4.78 is 54.1. The molecule has 10 atom stereocenters. The quantitative estimate of drug-likeness (QED) is 0.0738. The highest BCUT2D eigenvalue weighted by atomic mass is 31.2. The van der Waals surface area contributed by atoms with Crippen molar-refractivity contribution in [2.45, 2.75) is 49.1 Å². The van der Waals surface area contributed by atoms with E-state index >= 15 is 0 Å². The Bertz CT molecular complexity index is 1870. The minimum Gasteiger partial charge on any atom is -0.394 e. The SMILES string of the molecule is Nc1nc2c(ncn2C2OC(COP(=O)(O)OC3C(CO)OC(n4cnc5c(N)ncnc54)C3O)C(OC[P+](=O)O)C2O)c(=O)[nH]1. The van der Waals surface area contributed by atoms with E-state index in [-0.39, 0.29) is 34.1 Å². The minimum atomic E-state index is -5.10. The molecule has 23 nitrogen and oxygen atoms in total. The molecular formula is C21H27N10O13P2+. The first-order valence-corrected chi connectivity index (χ1v) is 16.1. The number of aromatic amines is 1. The number of phosphoric ester groups is 1. The first-order chi connectivity index (χ1) is 21.9. The minimum absolute atomic E-state index is 0.0564. The van der Waals surface area contributed by atoms with Crippen LogP contribution in [0.1, 0.15) is 12.5 Å². The van der Waals surface area contributed by atoms with Crippen LogP contribution in [0.3, 0.4) is 0 Å². The zero-order chi connectivity index (χ0) is 32.9. The van der Waals surface area contributed by atoms with Crippen LogP contribution in [0.5, 0.6) is 0 Å². The molecule has 0 radical (unpaired) electrons. The number of nitrogens with one attached hydrogen (secondary N) is 1. The van der Waals surface area contributed by atoms with Crippen molar-refractivity contribution in [1.82, 2.24) is 39.0 Å². The van der Waals surface area contributed by atoms with E-state index < -0.39 is 90.1 Å². The van der Waals surface area contributed by atoms with Crippen molar-refractivity contribution >= 4 is 49.9 Å². The number of phosphoric acid groups is 1. The van der Waals surface area contributed by atoms with Crippen molar-refractivity contribution < 1.29 is 57.5 Å². The maximum atomic E-state index is 13.1. The predicted molar refractivity (Wildman–Crippen MR) is 149 cm³/mol. The van der Waals surface area contributed by atoms with Gasteiger partial charge < -0.3 is 45.9 Å². The fourth-order valence-corrected chi connectivity index (χ4v) is 6.47. The number of aliphatic hydroxyl groups excluding tert-OH is 3. The summed E-state index contributed by atoms with van der Waals surface area (Å²) in [6.45, 7) is -1.53. The van der Waals surface area contributed by atoms with E-state index in [1.54, 1.807) is 0 Å². The Hall–Kier alpha value is -3.57. The van der Waals surface area contributed by atoms with Crippen molar-refractivity contribution in [2.75, 3.05) is 31.0 Å². The van der Waals surface area contributed by atoms with Crippen LogP contribution in [0.4, 0.5) is 11.8 Å². The number of hydrogen-bond acceptors (Lipinski definition) is 18. The molecule has 0 aromatic carbocycles. The molecule has 25 heteroatoms. The van der Waals surface area contributed by atoms with Gasteiger partial charge in [0.05, 0.1) is 25.9 Å². The molecule has 2 aliphatic heterocycles.